The number of isocyanates is 1. The summed E-state index contributed by atoms with van der Waals surface area (Å²) in [7, 11) is 0. The van der Waals surface area contributed by atoms with Gasteiger partial charge in [0.05, 0.1) is 17.6 Å². The number of aromatic nitrogens is 2. The van der Waals surface area contributed by atoms with Crippen molar-refractivity contribution in [3.63, 3.8) is 0 Å². The molecule has 1 heterocycles. The highest BCUT2D eigenvalue weighted by molar-refractivity contribution is 5.53. The van der Waals surface area contributed by atoms with Gasteiger partial charge in [0.1, 0.15) is 0 Å². The SMILES string of the molecule is Cc1cnn(-c2cccc(N=C=O)c2)c1. The van der Waals surface area contributed by atoms with Gasteiger partial charge in [-0.05, 0) is 30.7 Å². The van der Waals surface area contributed by atoms with Gasteiger partial charge in [-0.1, -0.05) is 6.07 Å². The molecule has 0 aliphatic rings. The van der Waals surface area contributed by atoms with E-state index in [1.165, 1.54) is 6.08 Å². The monoisotopic (exact) mass is 199 g/mol. The van der Waals surface area contributed by atoms with Crippen LogP contribution < -0.4 is 0 Å². The molecule has 15 heavy (non-hydrogen) atoms. The first kappa shape index (κ1) is 9.37. The van der Waals surface area contributed by atoms with Crippen molar-refractivity contribution in [2.45, 2.75) is 6.92 Å². The Kier molecular flexibility index (Phi) is 2.44. The Balaban J connectivity index is 2.44. The van der Waals surface area contributed by atoms with Crippen LogP contribution in [0, 0.1) is 6.92 Å². The summed E-state index contributed by atoms with van der Waals surface area (Å²) in [6.07, 6.45) is 5.19. The summed E-state index contributed by atoms with van der Waals surface area (Å²) in [5.74, 6) is 0. The second kappa shape index (κ2) is 3.90. The topological polar surface area (TPSA) is 47.2 Å². The molecule has 0 fully saturated rings. The number of rotatable bonds is 2. The van der Waals surface area contributed by atoms with Crippen LogP contribution in [0.2, 0.25) is 0 Å². The number of aryl methyl sites for hydroxylation is 1. The molecule has 0 radical (unpaired) electrons. The fourth-order valence-electron chi connectivity index (χ4n) is 1.31. The molecule has 2 aromatic rings. The fraction of sp³-hybridized carbons (Fsp3) is 0.0909. The summed E-state index contributed by atoms with van der Waals surface area (Å²) >= 11 is 0. The molecule has 4 heteroatoms. The summed E-state index contributed by atoms with van der Waals surface area (Å²) in [6, 6.07) is 7.24. The molecule has 0 spiro atoms. The lowest BCUT2D eigenvalue weighted by molar-refractivity contribution is 0.565. The quantitative estimate of drug-likeness (QED) is 0.549. The van der Waals surface area contributed by atoms with Crippen LogP contribution in [0.1, 0.15) is 5.56 Å². The van der Waals surface area contributed by atoms with Crippen LogP contribution in [0.4, 0.5) is 5.69 Å². The van der Waals surface area contributed by atoms with Crippen LogP contribution in [0.25, 0.3) is 5.69 Å². The summed E-state index contributed by atoms with van der Waals surface area (Å²) in [4.78, 5) is 13.7. The van der Waals surface area contributed by atoms with Gasteiger partial charge in [-0.15, -0.1) is 0 Å². The average molecular weight is 199 g/mol. The van der Waals surface area contributed by atoms with Gasteiger partial charge in [0.2, 0.25) is 6.08 Å². The third-order valence-corrected chi connectivity index (χ3v) is 1.98. The summed E-state index contributed by atoms with van der Waals surface area (Å²) in [5.41, 5.74) is 2.54. The zero-order valence-corrected chi connectivity index (χ0v) is 8.21. The van der Waals surface area contributed by atoms with Crippen LogP contribution in [0.15, 0.2) is 41.7 Å². The van der Waals surface area contributed by atoms with E-state index in [4.69, 9.17) is 0 Å². The molecule has 0 bridgehead atoms. The minimum Gasteiger partial charge on any atom is -0.241 e. The highest BCUT2D eigenvalue weighted by Gasteiger charge is 1.98. The Morgan fingerprint density at radius 3 is 3.00 bits per heavy atom. The molecule has 4 nitrogen and oxygen atoms in total. The van der Waals surface area contributed by atoms with E-state index in [1.54, 1.807) is 23.0 Å². The first-order valence-electron chi connectivity index (χ1n) is 4.49. The van der Waals surface area contributed by atoms with Gasteiger partial charge in [0, 0.05) is 6.20 Å². The Labute approximate surface area is 86.9 Å². The highest BCUT2D eigenvalue weighted by atomic mass is 16.1. The zero-order chi connectivity index (χ0) is 10.7. The van der Waals surface area contributed by atoms with Crippen LogP contribution in [-0.4, -0.2) is 15.9 Å². The van der Waals surface area contributed by atoms with E-state index in [-0.39, 0.29) is 0 Å². The minimum absolute atomic E-state index is 0.579. The number of hydrogen-bond donors (Lipinski definition) is 0. The minimum atomic E-state index is 0.579. The lowest BCUT2D eigenvalue weighted by atomic mass is 10.3. The predicted molar refractivity (Wildman–Crippen MR) is 56.1 cm³/mol. The molecule has 0 unspecified atom stereocenters. The molecule has 0 saturated carbocycles. The van der Waals surface area contributed by atoms with Crippen molar-refractivity contribution < 1.29 is 4.79 Å². The fourth-order valence-corrected chi connectivity index (χ4v) is 1.31. The summed E-state index contributed by atoms with van der Waals surface area (Å²) in [6.45, 7) is 1.97. The maximum atomic E-state index is 10.1. The Morgan fingerprint density at radius 1 is 1.47 bits per heavy atom. The van der Waals surface area contributed by atoms with Crippen molar-refractivity contribution in [2.75, 3.05) is 0 Å². The van der Waals surface area contributed by atoms with Crippen molar-refractivity contribution in [2.24, 2.45) is 4.99 Å². The maximum absolute atomic E-state index is 10.1. The van der Waals surface area contributed by atoms with Gasteiger partial charge in [-0.3, -0.25) is 0 Å². The van der Waals surface area contributed by atoms with Gasteiger partial charge < -0.3 is 0 Å². The maximum Gasteiger partial charge on any atom is 0.240 e. The lowest BCUT2D eigenvalue weighted by Crippen LogP contribution is -1.92. The lowest BCUT2D eigenvalue weighted by Gasteiger charge is -2.00. The van der Waals surface area contributed by atoms with Crippen molar-refractivity contribution in [1.82, 2.24) is 9.78 Å². The van der Waals surface area contributed by atoms with Crippen LogP contribution in [0.3, 0.4) is 0 Å². The number of aliphatic imine (C=N–C) groups is 1. The van der Waals surface area contributed by atoms with Crippen molar-refractivity contribution in [1.29, 1.82) is 0 Å². The van der Waals surface area contributed by atoms with Crippen molar-refractivity contribution in [3.8, 4) is 5.69 Å². The smallest absolute Gasteiger partial charge is 0.240 e. The first-order chi connectivity index (χ1) is 7.29. The normalized spacial score (nSPS) is 9.67. The highest BCUT2D eigenvalue weighted by Crippen LogP contribution is 2.16. The second-order valence-corrected chi connectivity index (χ2v) is 3.19. The van der Waals surface area contributed by atoms with Crippen molar-refractivity contribution >= 4 is 11.8 Å². The molecule has 0 aliphatic heterocycles. The van der Waals surface area contributed by atoms with E-state index in [2.05, 4.69) is 10.1 Å². The van der Waals surface area contributed by atoms with Gasteiger partial charge in [-0.2, -0.15) is 10.1 Å². The van der Waals surface area contributed by atoms with E-state index in [0.29, 0.717) is 5.69 Å². The van der Waals surface area contributed by atoms with E-state index < -0.39 is 0 Å². The van der Waals surface area contributed by atoms with Crippen LogP contribution in [0.5, 0.6) is 0 Å². The molecule has 1 aromatic carbocycles. The Morgan fingerprint density at radius 2 is 2.33 bits per heavy atom. The predicted octanol–water partition coefficient (Wildman–Crippen LogP) is 2.15. The van der Waals surface area contributed by atoms with Gasteiger partial charge in [0.25, 0.3) is 0 Å². The first-order valence-corrected chi connectivity index (χ1v) is 4.49. The molecule has 0 aliphatic carbocycles. The number of hydrogen-bond acceptors (Lipinski definition) is 3. The molecule has 1 aromatic heterocycles. The summed E-state index contributed by atoms with van der Waals surface area (Å²) in [5, 5.41) is 4.16. The molecule has 0 amide bonds. The molecule has 74 valence electrons. The van der Waals surface area contributed by atoms with Crippen LogP contribution >= 0.6 is 0 Å². The summed E-state index contributed by atoms with van der Waals surface area (Å²) < 4.78 is 1.74. The van der Waals surface area contributed by atoms with Crippen LogP contribution in [-0.2, 0) is 4.79 Å². The van der Waals surface area contributed by atoms with Gasteiger partial charge in [-0.25, -0.2) is 9.48 Å². The van der Waals surface area contributed by atoms with E-state index in [1.807, 2.05) is 25.3 Å². The van der Waals surface area contributed by atoms with Gasteiger partial charge in [0.15, 0.2) is 0 Å². The molecule has 0 atom stereocenters. The third-order valence-electron chi connectivity index (χ3n) is 1.98. The van der Waals surface area contributed by atoms with Crippen molar-refractivity contribution in [3.05, 3.63) is 42.2 Å². The number of carbonyl (C=O) groups excluding carboxylic acids is 1. The molecule has 2 rings (SSSR count). The number of nitrogens with zero attached hydrogens (tertiary/aromatic N) is 3. The standard InChI is InChI=1S/C11H9N3O/c1-9-6-13-14(7-9)11-4-2-3-10(5-11)12-8-15/h2-7H,1H3. The molecular formula is C11H9N3O. The van der Waals surface area contributed by atoms with E-state index in [9.17, 15) is 4.79 Å². The van der Waals surface area contributed by atoms with E-state index >= 15 is 0 Å². The van der Waals surface area contributed by atoms with Gasteiger partial charge >= 0.3 is 0 Å². The largest absolute Gasteiger partial charge is 0.241 e. The average Bonchev–Trinajstić information content (AvgIpc) is 2.66. The Hall–Kier alpha value is -2.19. The zero-order valence-electron chi connectivity index (χ0n) is 8.21. The third kappa shape index (κ3) is 2.00. The van der Waals surface area contributed by atoms with E-state index in [0.717, 1.165) is 11.3 Å². The molecule has 0 N–H and O–H groups in total. The number of benzene rings is 1. The molecular weight excluding hydrogens is 190 g/mol. The Bertz CT molecular complexity index is 524. The second-order valence-electron chi connectivity index (χ2n) is 3.19. The molecule has 0 saturated heterocycles.